The van der Waals surface area contributed by atoms with Crippen LogP contribution in [0.1, 0.15) is 42.7 Å². The predicted octanol–water partition coefficient (Wildman–Crippen LogP) is 0.655. The lowest BCUT2D eigenvalue weighted by Crippen LogP contribution is -2.20. The van der Waals surface area contributed by atoms with Crippen LogP contribution >= 0.6 is 0 Å². The summed E-state index contributed by atoms with van der Waals surface area (Å²) in [6.45, 7) is 0.131. The zero-order chi connectivity index (χ0) is 12.8. The number of hydrogen-bond acceptors (Lipinski definition) is 4. The standard InChI is InChI=1S/C12H18N2O3S/c15-7-10-2-1-3-12-13-11(6-14(10)12)9-4-5-18(16,17)8-9/h6,9-10,15H,1-5,7-8H2. The molecule has 0 bridgehead atoms. The lowest BCUT2D eigenvalue weighted by Gasteiger charge is -2.22. The van der Waals surface area contributed by atoms with Crippen LogP contribution in [0.5, 0.6) is 0 Å². The van der Waals surface area contributed by atoms with Gasteiger partial charge in [0.2, 0.25) is 0 Å². The minimum Gasteiger partial charge on any atom is -0.394 e. The molecule has 1 N–H and O–H groups in total. The Labute approximate surface area is 107 Å². The number of nitrogens with zero attached hydrogens (tertiary/aromatic N) is 2. The molecule has 0 radical (unpaired) electrons. The fourth-order valence-corrected chi connectivity index (χ4v) is 4.75. The molecule has 1 fully saturated rings. The van der Waals surface area contributed by atoms with E-state index in [1.54, 1.807) is 0 Å². The number of fused-ring (bicyclic) bond motifs is 1. The zero-order valence-electron chi connectivity index (χ0n) is 10.2. The summed E-state index contributed by atoms with van der Waals surface area (Å²) in [5, 5.41) is 9.35. The third kappa shape index (κ3) is 2.07. The summed E-state index contributed by atoms with van der Waals surface area (Å²) < 4.78 is 25.1. The predicted molar refractivity (Wildman–Crippen MR) is 67.3 cm³/mol. The van der Waals surface area contributed by atoms with Crippen LogP contribution in [-0.4, -0.2) is 41.2 Å². The number of rotatable bonds is 2. The third-order valence-corrected chi connectivity index (χ3v) is 5.79. The zero-order valence-corrected chi connectivity index (χ0v) is 11.1. The smallest absolute Gasteiger partial charge is 0.151 e. The van der Waals surface area contributed by atoms with Gasteiger partial charge in [0.15, 0.2) is 9.84 Å². The molecule has 100 valence electrons. The van der Waals surface area contributed by atoms with Crippen molar-refractivity contribution in [3.63, 3.8) is 0 Å². The van der Waals surface area contributed by atoms with E-state index in [-0.39, 0.29) is 30.1 Å². The SMILES string of the molecule is O=S1(=O)CCC(c2cn3c(n2)CCCC3CO)C1. The van der Waals surface area contributed by atoms with Gasteiger partial charge in [-0.3, -0.25) is 0 Å². The molecule has 3 rings (SSSR count). The highest BCUT2D eigenvalue weighted by Crippen LogP contribution is 2.31. The van der Waals surface area contributed by atoms with Gasteiger partial charge in [-0.25, -0.2) is 13.4 Å². The molecule has 0 amide bonds. The van der Waals surface area contributed by atoms with Crippen molar-refractivity contribution in [2.45, 2.75) is 37.6 Å². The van der Waals surface area contributed by atoms with Crippen LogP contribution in [0.25, 0.3) is 0 Å². The van der Waals surface area contributed by atoms with Crippen molar-refractivity contribution in [3.05, 3.63) is 17.7 Å². The van der Waals surface area contributed by atoms with E-state index in [2.05, 4.69) is 4.98 Å². The molecule has 2 unspecified atom stereocenters. The van der Waals surface area contributed by atoms with Crippen molar-refractivity contribution in [3.8, 4) is 0 Å². The van der Waals surface area contributed by atoms with Gasteiger partial charge in [0, 0.05) is 18.5 Å². The summed E-state index contributed by atoms with van der Waals surface area (Å²) >= 11 is 0. The number of aliphatic hydroxyl groups excluding tert-OH is 1. The van der Waals surface area contributed by atoms with Crippen LogP contribution in [0.2, 0.25) is 0 Å². The Morgan fingerprint density at radius 1 is 1.44 bits per heavy atom. The topological polar surface area (TPSA) is 72.2 Å². The molecule has 2 aliphatic heterocycles. The molecule has 0 saturated carbocycles. The van der Waals surface area contributed by atoms with E-state index in [0.717, 1.165) is 30.8 Å². The molecule has 3 heterocycles. The second-order valence-corrected chi connectivity index (χ2v) is 7.55. The fraction of sp³-hybridized carbons (Fsp3) is 0.750. The molecule has 1 aromatic rings. The van der Waals surface area contributed by atoms with Gasteiger partial charge in [-0.2, -0.15) is 0 Å². The number of imidazole rings is 1. The average Bonchev–Trinajstić information content (AvgIpc) is 2.91. The van der Waals surface area contributed by atoms with Crippen molar-refractivity contribution in [1.29, 1.82) is 0 Å². The maximum absolute atomic E-state index is 11.5. The molecular weight excluding hydrogens is 252 g/mol. The van der Waals surface area contributed by atoms with E-state index in [1.165, 1.54) is 0 Å². The van der Waals surface area contributed by atoms with E-state index in [0.29, 0.717) is 6.42 Å². The molecule has 18 heavy (non-hydrogen) atoms. The molecule has 1 saturated heterocycles. The van der Waals surface area contributed by atoms with E-state index >= 15 is 0 Å². The Hall–Kier alpha value is -0.880. The summed E-state index contributed by atoms with van der Waals surface area (Å²) in [6.07, 6.45) is 5.59. The van der Waals surface area contributed by atoms with Gasteiger partial charge in [-0.1, -0.05) is 0 Å². The molecular formula is C12H18N2O3S. The molecule has 0 spiro atoms. The largest absolute Gasteiger partial charge is 0.394 e. The molecule has 1 aromatic heterocycles. The Bertz CT molecular complexity index is 550. The van der Waals surface area contributed by atoms with Gasteiger partial charge in [0.25, 0.3) is 0 Å². The molecule has 2 aliphatic rings. The summed E-state index contributed by atoms with van der Waals surface area (Å²) in [7, 11) is -2.86. The Morgan fingerprint density at radius 2 is 2.28 bits per heavy atom. The highest BCUT2D eigenvalue weighted by atomic mass is 32.2. The third-order valence-electron chi connectivity index (χ3n) is 4.02. The Kier molecular flexibility index (Phi) is 2.94. The van der Waals surface area contributed by atoms with Crippen molar-refractivity contribution in [2.75, 3.05) is 18.1 Å². The van der Waals surface area contributed by atoms with Crippen LogP contribution in [0.3, 0.4) is 0 Å². The minimum absolute atomic E-state index is 0.0486. The van der Waals surface area contributed by atoms with Crippen molar-refractivity contribution >= 4 is 9.84 Å². The second-order valence-electron chi connectivity index (χ2n) is 5.32. The number of aliphatic hydroxyl groups is 1. The Balaban J connectivity index is 1.89. The minimum atomic E-state index is -2.86. The monoisotopic (exact) mass is 270 g/mol. The van der Waals surface area contributed by atoms with Crippen LogP contribution in [0.15, 0.2) is 6.20 Å². The van der Waals surface area contributed by atoms with E-state index < -0.39 is 9.84 Å². The van der Waals surface area contributed by atoms with Crippen molar-refractivity contribution in [1.82, 2.24) is 9.55 Å². The maximum atomic E-state index is 11.5. The molecule has 6 heteroatoms. The van der Waals surface area contributed by atoms with Crippen LogP contribution in [0, 0.1) is 0 Å². The summed E-state index contributed by atoms with van der Waals surface area (Å²) in [4.78, 5) is 4.58. The maximum Gasteiger partial charge on any atom is 0.151 e. The number of aryl methyl sites for hydroxylation is 1. The van der Waals surface area contributed by atoms with Gasteiger partial charge >= 0.3 is 0 Å². The number of sulfone groups is 1. The second kappa shape index (κ2) is 4.35. The fourth-order valence-electron chi connectivity index (χ4n) is 2.99. The van der Waals surface area contributed by atoms with Gasteiger partial charge in [-0.15, -0.1) is 0 Å². The molecule has 0 aliphatic carbocycles. The summed E-state index contributed by atoms with van der Waals surface area (Å²) in [5.41, 5.74) is 0.895. The van der Waals surface area contributed by atoms with Gasteiger partial charge < -0.3 is 9.67 Å². The van der Waals surface area contributed by atoms with E-state index in [4.69, 9.17) is 0 Å². The quantitative estimate of drug-likeness (QED) is 0.856. The average molecular weight is 270 g/mol. The van der Waals surface area contributed by atoms with E-state index in [9.17, 15) is 13.5 Å². The molecule has 0 aromatic carbocycles. The van der Waals surface area contributed by atoms with Gasteiger partial charge in [0.05, 0.1) is 29.8 Å². The van der Waals surface area contributed by atoms with Crippen molar-refractivity contribution in [2.24, 2.45) is 0 Å². The number of aromatic nitrogens is 2. The van der Waals surface area contributed by atoms with Gasteiger partial charge in [0.1, 0.15) is 5.82 Å². The molecule has 5 nitrogen and oxygen atoms in total. The first-order valence-corrected chi connectivity index (χ1v) is 8.30. The van der Waals surface area contributed by atoms with Crippen molar-refractivity contribution < 1.29 is 13.5 Å². The summed E-state index contributed by atoms with van der Waals surface area (Å²) in [6, 6.07) is 0.119. The van der Waals surface area contributed by atoms with Crippen LogP contribution in [-0.2, 0) is 16.3 Å². The van der Waals surface area contributed by atoms with Crippen LogP contribution < -0.4 is 0 Å². The van der Waals surface area contributed by atoms with Gasteiger partial charge in [-0.05, 0) is 19.3 Å². The lowest BCUT2D eigenvalue weighted by molar-refractivity contribution is 0.206. The first-order chi connectivity index (χ1) is 8.59. The normalized spacial score (nSPS) is 30.3. The highest BCUT2D eigenvalue weighted by molar-refractivity contribution is 7.91. The highest BCUT2D eigenvalue weighted by Gasteiger charge is 2.32. The van der Waals surface area contributed by atoms with Crippen LogP contribution in [0.4, 0.5) is 0 Å². The lowest BCUT2D eigenvalue weighted by atomic mass is 10.1. The molecule has 2 atom stereocenters. The van der Waals surface area contributed by atoms with E-state index in [1.807, 2.05) is 10.8 Å². The Morgan fingerprint density at radius 3 is 2.94 bits per heavy atom. The number of hydrogen-bond donors (Lipinski definition) is 1. The summed E-state index contributed by atoms with van der Waals surface area (Å²) in [5.74, 6) is 1.56. The first kappa shape index (κ1) is 12.2. The first-order valence-electron chi connectivity index (χ1n) is 6.48.